The number of anilines is 1. The van der Waals surface area contributed by atoms with Gasteiger partial charge in [-0.05, 0) is 30.3 Å². The number of hydrogen-bond donors (Lipinski definition) is 1. The number of rotatable bonds is 4. The van der Waals surface area contributed by atoms with Gasteiger partial charge in [-0.3, -0.25) is 24.6 Å². The van der Waals surface area contributed by atoms with E-state index in [1.165, 1.54) is 46.7 Å². The second kappa shape index (κ2) is 8.51. The molecule has 0 aliphatic carbocycles. The highest BCUT2D eigenvalue weighted by molar-refractivity contribution is 7.15. The van der Waals surface area contributed by atoms with E-state index in [0.29, 0.717) is 36.0 Å². The quantitative estimate of drug-likeness (QED) is 0.499. The predicted molar refractivity (Wildman–Crippen MR) is 119 cm³/mol. The van der Waals surface area contributed by atoms with Gasteiger partial charge in [0.2, 0.25) is 0 Å². The minimum absolute atomic E-state index is 0.150. The summed E-state index contributed by atoms with van der Waals surface area (Å²) in [6.45, 7) is 0.897. The van der Waals surface area contributed by atoms with Gasteiger partial charge in [0.15, 0.2) is 5.13 Å². The number of thiazole rings is 1. The maximum atomic E-state index is 13.2. The van der Waals surface area contributed by atoms with Crippen molar-refractivity contribution in [2.24, 2.45) is 7.05 Å². The Morgan fingerprint density at radius 1 is 1.18 bits per heavy atom. The molecule has 0 spiro atoms. The summed E-state index contributed by atoms with van der Waals surface area (Å²) in [5, 5.41) is 7.62. The van der Waals surface area contributed by atoms with E-state index < -0.39 is 0 Å². The summed E-state index contributed by atoms with van der Waals surface area (Å²) in [4.78, 5) is 40.6. The lowest BCUT2D eigenvalue weighted by Crippen LogP contribution is -2.36. The molecular formula is C22H18FN7O2S. The van der Waals surface area contributed by atoms with Gasteiger partial charge in [0.1, 0.15) is 17.2 Å². The summed E-state index contributed by atoms with van der Waals surface area (Å²) in [6.07, 6.45) is 4.92. The third-order valence-electron chi connectivity index (χ3n) is 5.27. The molecule has 3 aromatic heterocycles. The van der Waals surface area contributed by atoms with Crippen LogP contribution in [0, 0.1) is 5.82 Å². The monoisotopic (exact) mass is 463 g/mol. The van der Waals surface area contributed by atoms with Crippen LogP contribution in [0.25, 0.3) is 11.3 Å². The van der Waals surface area contributed by atoms with Gasteiger partial charge in [-0.1, -0.05) is 11.3 Å². The molecule has 9 nitrogen and oxygen atoms in total. The van der Waals surface area contributed by atoms with Gasteiger partial charge in [-0.15, -0.1) is 0 Å². The van der Waals surface area contributed by atoms with Crippen molar-refractivity contribution in [2.75, 3.05) is 11.9 Å². The highest BCUT2D eigenvalue weighted by atomic mass is 32.1. The summed E-state index contributed by atoms with van der Waals surface area (Å²) in [6, 6.07) is 7.70. The van der Waals surface area contributed by atoms with Crippen LogP contribution in [-0.2, 0) is 20.0 Å². The van der Waals surface area contributed by atoms with Crippen molar-refractivity contribution in [3.8, 4) is 11.3 Å². The Labute approximate surface area is 191 Å². The molecule has 1 aliphatic heterocycles. The molecule has 0 saturated heterocycles. The minimum atomic E-state index is -0.384. The lowest BCUT2D eigenvalue weighted by atomic mass is 10.1. The summed E-state index contributed by atoms with van der Waals surface area (Å²) in [5.74, 6) is -0.861. The first-order valence-corrected chi connectivity index (χ1v) is 10.9. The molecule has 0 atom stereocenters. The number of benzene rings is 1. The van der Waals surface area contributed by atoms with Gasteiger partial charge in [0.05, 0.1) is 24.1 Å². The highest BCUT2D eigenvalue weighted by Crippen LogP contribution is 2.29. The Hall–Kier alpha value is -3.99. The molecule has 1 aromatic carbocycles. The topological polar surface area (TPSA) is 106 Å². The second-order valence-electron chi connectivity index (χ2n) is 7.46. The van der Waals surface area contributed by atoms with Crippen molar-refractivity contribution in [3.05, 3.63) is 76.7 Å². The van der Waals surface area contributed by atoms with Crippen LogP contribution in [0.2, 0.25) is 0 Å². The van der Waals surface area contributed by atoms with Crippen LogP contribution >= 0.6 is 11.3 Å². The normalized spacial score (nSPS) is 13.0. The Morgan fingerprint density at radius 3 is 2.76 bits per heavy atom. The molecule has 1 aliphatic rings. The maximum Gasteiger partial charge on any atom is 0.277 e. The number of halogens is 1. The molecule has 11 heteroatoms. The van der Waals surface area contributed by atoms with E-state index in [1.807, 2.05) is 0 Å². The van der Waals surface area contributed by atoms with Crippen LogP contribution in [0.15, 0.2) is 48.9 Å². The van der Waals surface area contributed by atoms with E-state index in [4.69, 9.17) is 0 Å². The molecule has 0 radical (unpaired) electrons. The predicted octanol–water partition coefficient (Wildman–Crippen LogP) is 2.92. The zero-order valence-electron chi connectivity index (χ0n) is 17.5. The van der Waals surface area contributed by atoms with Crippen molar-refractivity contribution in [1.82, 2.24) is 29.6 Å². The van der Waals surface area contributed by atoms with Gasteiger partial charge >= 0.3 is 0 Å². The molecular weight excluding hydrogens is 445 g/mol. The number of nitrogens with zero attached hydrogens (tertiary/aromatic N) is 6. The molecule has 0 unspecified atom stereocenters. The lowest BCUT2D eigenvalue weighted by Gasteiger charge is -2.25. The van der Waals surface area contributed by atoms with Crippen LogP contribution in [0.5, 0.6) is 0 Å². The summed E-state index contributed by atoms with van der Waals surface area (Å²) in [5.41, 5.74) is 2.85. The first-order chi connectivity index (χ1) is 16.0. The van der Waals surface area contributed by atoms with E-state index in [2.05, 4.69) is 25.4 Å². The number of aromatic nitrogens is 5. The SMILES string of the molecule is Cn1nc(-c2ccc(F)cc2)cc1C(=O)N1CCc2nc(NC(=O)c3cnccn3)sc2C1. The number of aryl methyl sites for hydroxylation is 1. The van der Waals surface area contributed by atoms with Crippen molar-refractivity contribution in [3.63, 3.8) is 0 Å². The van der Waals surface area contributed by atoms with Crippen molar-refractivity contribution >= 4 is 28.3 Å². The number of amides is 2. The average Bonchev–Trinajstić information content (AvgIpc) is 3.41. The number of carbonyl (C=O) groups is 2. The van der Waals surface area contributed by atoms with Crippen molar-refractivity contribution < 1.29 is 14.0 Å². The largest absolute Gasteiger partial charge is 0.332 e. The van der Waals surface area contributed by atoms with Gasteiger partial charge in [0.25, 0.3) is 11.8 Å². The Bertz CT molecular complexity index is 1330. The van der Waals surface area contributed by atoms with E-state index >= 15 is 0 Å². The molecule has 0 saturated carbocycles. The Morgan fingerprint density at radius 2 is 2.00 bits per heavy atom. The fourth-order valence-corrected chi connectivity index (χ4v) is 4.61. The first kappa shape index (κ1) is 20.9. The summed E-state index contributed by atoms with van der Waals surface area (Å²) in [7, 11) is 1.71. The maximum absolute atomic E-state index is 13.2. The fourth-order valence-electron chi connectivity index (χ4n) is 3.59. The van der Waals surface area contributed by atoms with Gasteiger partial charge in [-0.25, -0.2) is 14.4 Å². The van der Waals surface area contributed by atoms with Crippen LogP contribution in [0.3, 0.4) is 0 Å². The third kappa shape index (κ3) is 4.22. The molecule has 0 fully saturated rings. The number of carbonyl (C=O) groups excluding carboxylic acids is 2. The smallest absolute Gasteiger partial charge is 0.277 e. The molecule has 1 N–H and O–H groups in total. The van der Waals surface area contributed by atoms with E-state index in [0.717, 1.165) is 16.1 Å². The molecule has 5 rings (SSSR count). The Balaban J connectivity index is 1.31. The number of fused-ring (bicyclic) bond motifs is 1. The number of nitrogens with one attached hydrogen (secondary N) is 1. The third-order valence-corrected chi connectivity index (χ3v) is 6.27. The van der Waals surface area contributed by atoms with Crippen LogP contribution < -0.4 is 5.32 Å². The molecule has 166 valence electrons. The summed E-state index contributed by atoms with van der Waals surface area (Å²) < 4.78 is 14.8. The van der Waals surface area contributed by atoms with Crippen LogP contribution in [-0.4, -0.2) is 48.0 Å². The molecule has 2 amide bonds. The molecule has 4 aromatic rings. The minimum Gasteiger partial charge on any atom is -0.332 e. The second-order valence-corrected chi connectivity index (χ2v) is 8.54. The van der Waals surface area contributed by atoms with Gasteiger partial charge < -0.3 is 4.90 Å². The fraction of sp³-hybridized carbons (Fsp3) is 0.182. The molecule has 33 heavy (non-hydrogen) atoms. The van der Waals surface area contributed by atoms with Gasteiger partial charge in [0, 0.05) is 42.8 Å². The van der Waals surface area contributed by atoms with Crippen LogP contribution in [0.1, 0.15) is 31.5 Å². The van der Waals surface area contributed by atoms with Crippen molar-refractivity contribution in [1.29, 1.82) is 0 Å². The zero-order chi connectivity index (χ0) is 22.9. The average molecular weight is 463 g/mol. The van der Waals surface area contributed by atoms with Gasteiger partial charge in [-0.2, -0.15) is 5.10 Å². The van der Waals surface area contributed by atoms with E-state index in [-0.39, 0.29) is 23.3 Å². The molecule has 4 heterocycles. The van der Waals surface area contributed by atoms with E-state index in [9.17, 15) is 14.0 Å². The molecule has 0 bridgehead atoms. The standard InChI is InChI=1S/C22H18FN7O2S/c1-29-18(10-16(28-29)13-2-4-14(23)5-3-13)21(32)30-9-6-15-19(12-30)33-22(26-15)27-20(31)17-11-24-7-8-25-17/h2-5,7-8,10-11H,6,9,12H2,1H3,(H,26,27,31). The van der Waals surface area contributed by atoms with Crippen molar-refractivity contribution in [2.45, 2.75) is 13.0 Å². The lowest BCUT2D eigenvalue weighted by molar-refractivity contribution is 0.0725. The van der Waals surface area contributed by atoms with Crippen LogP contribution in [0.4, 0.5) is 9.52 Å². The van der Waals surface area contributed by atoms with E-state index in [1.54, 1.807) is 30.1 Å². The highest BCUT2D eigenvalue weighted by Gasteiger charge is 2.27. The Kier molecular flexibility index (Phi) is 5.38. The summed E-state index contributed by atoms with van der Waals surface area (Å²) >= 11 is 1.34. The zero-order valence-corrected chi connectivity index (χ0v) is 18.3. The first-order valence-electron chi connectivity index (χ1n) is 10.1. The number of hydrogen-bond acceptors (Lipinski definition) is 7.